The molecule has 0 bridgehead atoms. The average molecular weight is 450 g/mol. The van der Waals surface area contributed by atoms with Crippen molar-refractivity contribution >= 4 is 39.1 Å². The van der Waals surface area contributed by atoms with E-state index in [1.54, 1.807) is 16.2 Å². The van der Waals surface area contributed by atoms with E-state index in [2.05, 4.69) is 12.1 Å². The van der Waals surface area contributed by atoms with Crippen molar-refractivity contribution < 1.29 is 14.3 Å². The molecule has 166 valence electrons. The van der Waals surface area contributed by atoms with Crippen molar-refractivity contribution in [3.05, 3.63) is 53.5 Å². The molecule has 2 amide bonds. The zero-order chi connectivity index (χ0) is 22.1. The van der Waals surface area contributed by atoms with Crippen LogP contribution in [0, 0.1) is 5.92 Å². The van der Waals surface area contributed by atoms with Gasteiger partial charge in [-0.1, -0.05) is 12.1 Å². The molecule has 1 aromatic heterocycles. The van der Waals surface area contributed by atoms with Crippen molar-refractivity contribution in [2.45, 2.75) is 32.1 Å². The smallest absolute Gasteiger partial charge is 0.228 e. The van der Waals surface area contributed by atoms with E-state index < -0.39 is 0 Å². The molecule has 7 heteroatoms. The maximum absolute atomic E-state index is 13.2. The van der Waals surface area contributed by atoms with Crippen molar-refractivity contribution in [3.63, 3.8) is 0 Å². The maximum Gasteiger partial charge on any atom is 0.228 e. The second kappa shape index (κ2) is 8.90. The van der Waals surface area contributed by atoms with Gasteiger partial charge in [-0.05, 0) is 56.2 Å². The number of amides is 2. The molecule has 0 unspecified atom stereocenters. The molecule has 32 heavy (non-hydrogen) atoms. The maximum atomic E-state index is 13.2. The van der Waals surface area contributed by atoms with Gasteiger partial charge < -0.3 is 14.5 Å². The highest BCUT2D eigenvalue weighted by molar-refractivity contribution is 7.18. The number of likely N-dealkylation sites (tertiary alicyclic amines) is 1. The highest BCUT2D eigenvalue weighted by atomic mass is 32.1. The molecule has 2 aliphatic heterocycles. The Balaban J connectivity index is 1.19. The number of para-hydroxylation sites is 1. The van der Waals surface area contributed by atoms with E-state index in [0.717, 1.165) is 42.9 Å². The summed E-state index contributed by atoms with van der Waals surface area (Å²) >= 11 is 1.77. The SMILES string of the molecule is CCOc1ccc(N2C[C@@H](C(=O)N3CCC(c4nc5ccccc5s4)CC3)CC2=O)cc1. The molecule has 0 aliphatic carbocycles. The molecular formula is C25H27N3O3S. The van der Waals surface area contributed by atoms with E-state index in [0.29, 0.717) is 19.1 Å². The fraction of sp³-hybridized carbons (Fsp3) is 0.400. The summed E-state index contributed by atoms with van der Waals surface area (Å²) in [5, 5.41) is 1.18. The number of hydrogen-bond acceptors (Lipinski definition) is 5. The summed E-state index contributed by atoms with van der Waals surface area (Å²) in [6, 6.07) is 15.8. The Hall–Kier alpha value is -2.93. The van der Waals surface area contributed by atoms with Crippen LogP contribution in [0.5, 0.6) is 5.75 Å². The Morgan fingerprint density at radius 3 is 2.59 bits per heavy atom. The normalized spacial score (nSPS) is 19.7. The third-order valence-corrected chi connectivity index (χ3v) is 7.60. The minimum Gasteiger partial charge on any atom is -0.494 e. The minimum absolute atomic E-state index is 0.0110. The predicted octanol–water partition coefficient (Wildman–Crippen LogP) is 4.45. The van der Waals surface area contributed by atoms with Crippen LogP contribution in [0.15, 0.2) is 48.5 Å². The van der Waals surface area contributed by atoms with Crippen LogP contribution in [-0.2, 0) is 9.59 Å². The quantitative estimate of drug-likeness (QED) is 0.577. The lowest BCUT2D eigenvalue weighted by Crippen LogP contribution is -2.42. The van der Waals surface area contributed by atoms with Crippen molar-refractivity contribution in [1.29, 1.82) is 0 Å². The van der Waals surface area contributed by atoms with Gasteiger partial charge in [-0.2, -0.15) is 0 Å². The van der Waals surface area contributed by atoms with Crippen LogP contribution in [0.4, 0.5) is 5.69 Å². The van der Waals surface area contributed by atoms with Crippen molar-refractivity contribution in [2.75, 3.05) is 31.1 Å². The molecule has 0 N–H and O–H groups in total. The predicted molar refractivity (Wildman–Crippen MR) is 126 cm³/mol. The van der Waals surface area contributed by atoms with Crippen molar-refractivity contribution in [2.24, 2.45) is 5.92 Å². The molecule has 0 spiro atoms. The summed E-state index contributed by atoms with van der Waals surface area (Å²) in [7, 11) is 0. The summed E-state index contributed by atoms with van der Waals surface area (Å²) in [5.74, 6) is 1.04. The Kier molecular flexibility index (Phi) is 5.83. The fourth-order valence-corrected chi connectivity index (χ4v) is 5.82. The number of piperidine rings is 1. The van der Waals surface area contributed by atoms with Gasteiger partial charge in [-0.25, -0.2) is 4.98 Å². The Labute approximate surface area is 191 Å². The first-order valence-corrected chi connectivity index (χ1v) is 12.1. The lowest BCUT2D eigenvalue weighted by molar-refractivity contribution is -0.136. The van der Waals surface area contributed by atoms with Gasteiger partial charge in [0.05, 0.1) is 27.7 Å². The van der Waals surface area contributed by atoms with Gasteiger partial charge in [0.15, 0.2) is 0 Å². The van der Waals surface area contributed by atoms with Crippen LogP contribution < -0.4 is 9.64 Å². The van der Waals surface area contributed by atoms with Gasteiger partial charge in [0, 0.05) is 37.7 Å². The van der Waals surface area contributed by atoms with E-state index in [-0.39, 0.29) is 24.2 Å². The molecule has 3 heterocycles. The number of carbonyl (C=O) groups excluding carboxylic acids is 2. The standard InChI is InChI=1S/C25H27N3O3S/c1-2-31-20-9-7-19(8-10-20)28-16-18(15-23(28)29)25(30)27-13-11-17(12-14-27)24-26-21-5-3-4-6-22(21)32-24/h3-10,17-18H,2,11-16H2,1H3/t18-/m0/s1. The minimum atomic E-state index is -0.270. The van der Waals surface area contributed by atoms with Crippen LogP contribution in [0.1, 0.15) is 37.1 Å². The largest absolute Gasteiger partial charge is 0.494 e. The molecule has 1 atom stereocenters. The highest BCUT2D eigenvalue weighted by Crippen LogP contribution is 2.35. The first-order valence-electron chi connectivity index (χ1n) is 11.3. The van der Waals surface area contributed by atoms with E-state index in [1.807, 2.05) is 48.2 Å². The Bertz CT molecular complexity index is 1090. The third kappa shape index (κ3) is 4.09. The molecule has 5 rings (SSSR count). The second-order valence-corrected chi connectivity index (χ2v) is 9.51. The van der Waals surface area contributed by atoms with Crippen LogP contribution in [-0.4, -0.2) is 47.9 Å². The number of hydrogen-bond donors (Lipinski definition) is 0. The summed E-state index contributed by atoms with van der Waals surface area (Å²) in [5.41, 5.74) is 1.88. The van der Waals surface area contributed by atoms with Gasteiger partial charge in [0.25, 0.3) is 0 Å². The molecule has 0 radical (unpaired) electrons. The van der Waals surface area contributed by atoms with Gasteiger partial charge in [-0.3, -0.25) is 9.59 Å². The highest BCUT2D eigenvalue weighted by Gasteiger charge is 2.38. The first-order chi connectivity index (χ1) is 15.6. The average Bonchev–Trinajstić information content (AvgIpc) is 3.43. The number of anilines is 1. The summed E-state index contributed by atoms with van der Waals surface area (Å²) in [6.07, 6.45) is 2.13. The second-order valence-electron chi connectivity index (χ2n) is 8.45. The third-order valence-electron chi connectivity index (χ3n) is 6.40. The molecule has 6 nitrogen and oxygen atoms in total. The summed E-state index contributed by atoms with van der Waals surface area (Å²) < 4.78 is 6.70. The number of ether oxygens (including phenoxy) is 1. The number of fused-ring (bicyclic) bond motifs is 1. The molecule has 2 fully saturated rings. The molecule has 2 aliphatic rings. The summed E-state index contributed by atoms with van der Waals surface area (Å²) in [6.45, 7) is 4.45. The Morgan fingerprint density at radius 2 is 1.88 bits per heavy atom. The lowest BCUT2D eigenvalue weighted by Gasteiger charge is -2.32. The van der Waals surface area contributed by atoms with Crippen LogP contribution in [0.3, 0.4) is 0 Å². The van der Waals surface area contributed by atoms with Gasteiger partial charge in [0.1, 0.15) is 5.75 Å². The summed E-state index contributed by atoms with van der Waals surface area (Å²) in [4.78, 5) is 34.3. The van der Waals surface area contributed by atoms with E-state index >= 15 is 0 Å². The van der Waals surface area contributed by atoms with Crippen LogP contribution >= 0.6 is 11.3 Å². The number of nitrogens with zero attached hydrogens (tertiary/aromatic N) is 3. The monoisotopic (exact) mass is 449 g/mol. The molecular weight excluding hydrogens is 422 g/mol. The number of aromatic nitrogens is 1. The molecule has 2 aromatic carbocycles. The zero-order valence-electron chi connectivity index (χ0n) is 18.2. The number of thiazole rings is 1. The fourth-order valence-electron chi connectivity index (χ4n) is 4.68. The lowest BCUT2D eigenvalue weighted by atomic mass is 9.96. The number of benzene rings is 2. The number of carbonyl (C=O) groups is 2. The van der Waals surface area contributed by atoms with Gasteiger partial charge in [0.2, 0.25) is 11.8 Å². The molecule has 3 aromatic rings. The van der Waals surface area contributed by atoms with Crippen molar-refractivity contribution in [1.82, 2.24) is 9.88 Å². The molecule has 0 saturated carbocycles. The zero-order valence-corrected chi connectivity index (χ0v) is 19.0. The topological polar surface area (TPSA) is 62.7 Å². The van der Waals surface area contributed by atoms with Gasteiger partial charge >= 0.3 is 0 Å². The molecule has 2 saturated heterocycles. The van der Waals surface area contributed by atoms with E-state index in [9.17, 15) is 9.59 Å². The van der Waals surface area contributed by atoms with Crippen LogP contribution in [0.25, 0.3) is 10.2 Å². The number of rotatable bonds is 5. The van der Waals surface area contributed by atoms with E-state index in [4.69, 9.17) is 9.72 Å². The van der Waals surface area contributed by atoms with Gasteiger partial charge in [-0.15, -0.1) is 11.3 Å². The Morgan fingerprint density at radius 1 is 1.12 bits per heavy atom. The van der Waals surface area contributed by atoms with E-state index in [1.165, 1.54) is 9.71 Å². The first kappa shape index (κ1) is 20.9. The van der Waals surface area contributed by atoms with Crippen molar-refractivity contribution in [3.8, 4) is 5.75 Å². The van der Waals surface area contributed by atoms with Crippen LogP contribution in [0.2, 0.25) is 0 Å².